The van der Waals surface area contributed by atoms with Crippen LogP contribution in [0.15, 0.2) is 35.5 Å². The van der Waals surface area contributed by atoms with Crippen LogP contribution in [0.25, 0.3) is 0 Å². The fourth-order valence-electron chi connectivity index (χ4n) is 5.26. The Labute approximate surface area is 149 Å². The van der Waals surface area contributed by atoms with Crippen molar-refractivity contribution in [3.8, 4) is 11.8 Å². The number of fused-ring (bicyclic) bond motifs is 4. The summed E-state index contributed by atoms with van der Waals surface area (Å²) in [6.07, 6.45) is 15.8. The lowest BCUT2D eigenvalue weighted by molar-refractivity contribution is 0.120. The van der Waals surface area contributed by atoms with Gasteiger partial charge in [0.15, 0.2) is 0 Å². The summed E-state index contributed by atoms with van der Waals surface area (Å²) in [7, 11) is 0. The first-order chi connectivity index (χ1) is 12.3. The molecule has 0 aromatic rings. The molecule has 5 aliphatic carbocycles. The van der Waals surface area contributed by atoms with Gasteiger partial charge in [0.1, 0.15) is 6.61 Å². The molecule has 5 aliphatic rings. The lowest BCUT2D eigenvalue weighted by Crippen LogP contribution is -2.37. The third-order valence-corrected chi connectivity index (χ3v) is 6.64. The minimum Gasteiger partial charge on any atom is -0.449 e. The average molecular weight is 335 g/mol. The second-order valence-electron chi connectivity index (χ2n) is 8.16. The molecule has 5 atom stereocenters. The van der Waals surface area contributed by atoms with Gasteiger partial charge in [0, 0.05) is 23.8 Å². The van der Waals surface area contributed by atoms with Crippen LogP contribution in [-0.2, 0) is 4.74 Å². The number of amides is 1. The van der Waals surface area contributed by atoms with E-state index in [1.807, 2.05) is 6.08 Å². The Bertz CT molecular complexity index is 729. The monoisotopic (exact) mass is 335 g/mol. The van der Waals surface area contributed by atoms with Crippen LogP contribution in [0.3, 0.4) is 0 Å². The molecule has 0 radical (unpaired) electrons. The maximum atomic E-state index is 12.2. The number of rotatable bonds is 3. The first-order valence-electron chi connectivity index (χ1n) is 9.84. The minimum atomic E-state index is -0.243. The molecule has 25 heavy (non-hydrogen) atoms. The highest BCUT2D eigenvalue weighted by atomic mass is 16.5. The van der Waals surface area contributed by atoms with Crippen molar-refractivity contribution >= 4 is 6.09 Å². The van der Waals surface area contributed by atoms with Crippen LogP contribution in [0.1, 0.15) is 38.5 Å². The molecule has 5 rings (SSSR count). The van der Waals surface area contributed by atoms with E-state index in [4.69, 9.17) is 4.74 Å². The number of allylic oxidation sites excluding steroid dienone is 5. The number of hydrogen-bond acceptors (Lipinski definition) is 2. The minimum absolute atomic E-state index is 0.243. The Hall–Kier alpha value is -1.95. The Morgan fingerprint density at radius 2 is 2.12 bits per heavy atom. The number of carbonyl (C=O) groups excluding carboxylic acids is 1. The first-order valence-corrected chi connectivity index (χ1v) is 9.84. The predicted octanol–water partition coefficient (Wildman–Crippen LogP) is 3.98. The van der Waals surface area contributed by atoms with Crippen LogP contribution < -0.4 is 5.32 Å². The lowest BCUT2D eigenvalue weighted by atomic mass is 9.83. The smallest absolute Gasteiger partial charge is 0.407 e. The molecule has 0 heterocycles. The maximum absolute atomic E-state index is 12.2. The van der Waals surface area contributed by atoms with Gasteiger partial charge in [0.2, 0.25) is 0 Å². The number of nitrogens with one attached hydrogen (secondary N) is 1. The van der Waals surface area contributed by atoms with E-state index in [-0.39, 0.29) is 12.0 Å². The zero-order valence-electron chi connectivity index (χ0n) is 14.5. The number of alkyl carbamates (subject to hydrolysis) is 1. The van der Waals surface area contributed by atoms with E-state index in [0.717, 1.165) is 18.8 Å². The standard InChI is InChI=1S/C22H25NO2/c24-22(23-15-6-2-1-3-7-15)25-13-20-16-8-4-5-9-17(16)21-18(20)11-10-14-12-19(14)21/h4,8,10-11,14-17,19-20H,1-3,6-7,12-13H2,(H,23,24)/t14?,16-,17?,19?,20?/m0/s1. The summed E-state index contributed by atoms with van der Waals surface area (Å²) < 4.78 is 5.68. The third kappa shape index (κ3) is 2.72. The molecule has 130 valence electrons. The highest BCUT2D eigenvalue weighted by Gasteiger charge is 2.51. The molecule has 3 heteroatoms. The van der Waals surface area contributed by atoms with E-state index in [0.29, 0.717) is 30.4 Å². The number of hydrogen-bond donors (Lipinski definition) is 1. The van der Waals surface area contributed by atoms with Gasteiger partial charge in [-0.25, -0.2) is 4.79 Å². The SMILES string of the molecule is O=C(NC1CCCCC1)OCC1C2=C(C3CC3C=C2)C2C#CC=C[C@@H]21. The van der Waals surface area contributed by atoms with Gasteiger partial charge >= 0.3 is 6.09 Å². The molecule has 2 saturated carbocycles. The molecule has 3 nitrogen and oxygen atoms in total. The quantitative estimate of drug-likeness (QED) is 0.792. The van der Waals surface area contributed by atoms with Crippen LogP contribution in [0.2, 0.25) is 0 Å². The number of carbonyl (C=O) groups is 1. The van der Waals surface area contributed by atoms with E-state index >= 15 is 0 Å². The summed E-state index contributed by atoms with van der Waals surface area (Å²) >= 11 is 0. The van der Waals surface area contributed by atoms with Crippen LogP contribution in [0.4, 0.5) is 4.79 Å². The normalized spacial score (nSPS) is 37.5. The summed E-state index contributed by atoms with van der Waals surface area (Å²) in [5, 5.41) is 3.06. The first kappa shape index (κ1) is 15.3. The van der Waals surface area contributed by atoms with Crippen molar-refractivity contribution in [1.82, 2.24) is 5.32 Å². The topological polar surface area (TPSA) is 38.3 Å². The van der Waals surface area contributed by atoms with Gasteiger partial charge in [-0.15, -0.1) is 0 Å². The maximum Gasteiger partial charge on any atom is 0.407 e. The van der Waals surface area contributed by atoms with E-state index in [2.05, 4.69) is 35.4 Å². The molecule has 0 aromatic heterocycles. The van der Waals surface area contributed by atoms with E-state index in [9.17, 15) is 4.79 Å². The molecule has 0 aromatic carbocycles. The highest BCUT2D eigenvalue weighted by Crippen LogP contribution is 2.59. The van der Waals surface area contributed by atoms with Crippen LogP contribution >= 0.6 is 0 Å². The Balaban J connectivity index is 1.27. The molecule has 0 saturated heterocycles. The fraction of sp³-hybridized carbons (Fsp3) is 0.591. The Morgan fingerprint density at radius 3 is 3.00 bits per heavy atom. The summed E-state index contributed by atoms with van der Waals surface area (Å²) in [5.41, 5.74) is 2.95. The van der Waals surface area contributed by atoms with Crippen molar-refractivity contribution in [1.29, 1.82) is 0 Å². The van der Waals surface area contributed by atoms with Crippen molar-refractivity contribution in [2.45, 2.75) is 44.6 Å². The van der Waals surface area contributed by atoms with Gasteiger partial charge in [0.05, 0.1) is 0 Å². The Morgan fingerprint density at radius 1 is 1.24 bits per heavy atom. The van der Waals surface area contributed by atoms with Gasteiger partial charge in [-0.05, 0) is 48.3 Å². The Kier molecular flexibility index (Phi) is 3.73. The van der Waals surface area contributed by atoms with Gasteiger partial charge in [-0.3, -0.25) is 0 Å². The summed E-state index contributed by atoms with van der Waals surface area (Å²) in [6, 6.07) is 0.301. The zero-order chi connectivity index (χ0) is 16.8. The second kappa shape index (κ2) is 6.09. The second-order valence-corrected chi connectivity index (χ2v) is 8.16. The van der Waals surface area contributed by atoms with Gasteiger partial charge in [0.25, 0.3) is 0 Å². The zero-order valence-corrected chi connectivity index (χ0v) is 14.5. The van der Waals surface area contributed by atoms with Gasteiger partial charge in [-0.1, -0.05) is 49.3 Å². The molecular weight excluding hydrogens is 310 g/mol. The molecule has 4 unspecified atom stereocenters. The largest absolute Gasteiger partial charge is 0.449 e. The van der Waals surface area contributed by atoms with E-state index < -0.39 is 0 Å². The third-order valence-electron chi connectivity index (χ3n) is 6.64. The average Bonchev–Trinajstić information content (AvgIpc) is 3.36. The van der Waals surface area contributed by atoms with Crippen molar-refractivity contribution < 1.29 is 9.53 Å². The van der Waals surface area contributed by atoms with E-state index in [1.165, 1.54) is 31.3 Å². The van der Waals surface area contributed by atoms with Crippen LogP contribution in [0, 0.1) is 41.4 Å². The molecular formula is C22H25NO2. The highest BCUT2D eigenvalue weighted by molar-refractivity contribution is 5.67. The number of ether oxygens (including phenoxy) is 1. The summed E-state index contributed by atoms with van der Waals surface area (Å²) in [5.74, 6) is 9.02. The van der Waals surface area contributed by atoms with Gasteiger partial charge < -0.3 is 10.1 Å². The molecule has 1 N–H and O–H groups in total. The van der Waals surface area contributed by atoms with E-state index in [1.54, 1.807) is 5.57 Å². The summed E-state index contributed by atoms with van der Waals surface area (Å²) in [6.45, 7) is 0.465. The fourth-order valence-corrected chi connectivity index (χ4v) is 5.26. The van der Waals surface area contributed by atoms with Crippen LogP contribution in [-0.4, -0.2) is 18.7 Å². The molecule has 0 spiro atoms. The van der Waals surface area contributed by atoms with Crippen LogP contribution in [0.5, 0.6) is 0 Å². The molecule has 0 aliphatic heterocycles. The van der Waals surface area contributed by atoms with Crippen molar-refractivity contribution in [3.05, 3.63) is 35.5 Å². The molecule has 2 fully saturated rings. The van der Waals surface area contributed by atoms with Crippen molar-refractivity contribution in [2.75, 3.05) is 6.61 Å². The summed E-state index contributed by atoms with van der Waals surface area (Å²) in [4.78, 5) is 12.2. The van der Waals surface area contributed by atoms with Gasteiger partial charge in [-0.2, -0.15) is 0 Å². The predicted molar refractivity (Wildman–Crippen MR) is 96.5 cm³/mol. The molecule has 0 bridgehead atoms. The van der Waals surface area contributed by atoms with Crippen molar-refractivity contribution in [3.63, 3.8) is 0 Å². The lowest BCUT2D eigenvalue weighted by Gasteiger charge is -2.25. The van der Waals surface area contributed by atoms with Crippen molar-refractivity contribution in [2.24, 2.45) is 29.6 Å². The molecule has 1 amide bonds.